The molecule has 2 aliphatic rings. The number of nitrogens with zero attached hydrogens (tertiary/aromatic N) is 2. The third-order valence-corrected chi connectivity index (χ3v) is 5.17. The molecule has 0 saturated carbocycles. The summed E-state index contributed by atoms with van der Waals surface area (Å²) in [7, 11) is 0. The van der Waals surface area contributed by atoms with Crippen molar-refractivity contribution in [3.8, 4) is 0 Å². The molecule has 5 heteroatoms. The van der Waals surface area contributed by atoms with E-state index in [1.807, 2.05) is 0 Å². The van der Waals surface area contributed by atoms with Gasteiger partial charge in [0.25, 0.3) is 0 Å². The molecule has 2 saturated heterocycles. The molecular weight excluding hydrogens is 329 g/mol. The van der Waals surface area contributed by atoms with Crippen LogP contribution < -0.4 is 5.32 Å². The Labute approximate surface area is 150 Å². The number of hydrogen-bond acceptors (Lipinski definition) is 3. The molecule has 3 nitrogen and oxygen atoms in total. The number of aryl methyl sites for hydroxylation is 1. The number of hydrogen-bond donors (Lipinski definition) is 1. The Morgan fingerprint density at radius 2 is 2.04 bits per heavy atom. The van der Waals surface area contributed by atoms with Crippen LogP contribution in [0.1, 0.15) is 24.1 Å². The predicted molar refractivity (Wildman–Crippen MR) is 101 cm³/mol. The van der Waals surface area contributed by atoms with E-state index < -0.39 is 0 Å². The lowest BCUT2D eigenvalue weighted by molar-refractivity contribution is 0.269. The highest BCUT2D eigenvalue weighted by molar-refractivity contribution is 5.85. The van der Waals surface area contributed by atoms with Crippen LogP contribution in [-0.2, 0) is 6.54 Å². The van der Waals surface area contributed by atoms with Crippen molar-refractivity contribution >= 4 is 35.7 Å². The third kappa shape index (κ3) is 3.63. The van der Waals surface area contributed by atoms with Crippen LogP contribution >= 0.6 is 24.8 Å². The molecule has 3 heterocycles. The number of para-hydroxylation sites is 1. The molecule has 0 radical (unpaired) electrons. The van der Waals surface area contributed by atoms with Gasteiger partial charge in [0, 0.05) is 30.7 Å². The molecule has 1 aromatic heterocycles. The third-order valence-electron chi connectivity index (χ3n) is 5.17. The number of pyridine rings is 1. The lowest BCUT2D eigenvalue weighted by atomic mass is 9.86. The summed E-state index contributed by atoms with van der Waals surface area (Å²) in [5.41, 5.74) is 4.24. The maximum Gasteiger partial charge on any atom is 0.0708 e. The SMILES string of the molecule is Cc1cc(CN2CCC3(CCNC3)C2)c2ccccc2n1.Cl.Cl. The van der Waals surface area contributed by atoms with Gasteiger partial charge in [-0.3, -0.25) is 9.88 Å². The van der Waals surface area contributed by atoms with Crippen molar-refractivity contribution in [1.82, 2.24) is 15.2 Å². The summed E-state index contributed by atoms with van der Waals surface area (Å²) in [6.45, 7) is 8.05. The molecule has 126 valence electrons. The zero-order chi connectivity index (χ0) is 14.3. The van der Waals surface area contributed by atoms with Crippen molar-refractivity contribution in [3.63, 3.8) is 0 Å². The topological polar surface area (TPSA) is 28.2 Å². The first-order chi connectivity index (χ1) is 10.2. The minimum absolute atomic E-state index is 0. The number of likely N-dealkylation sites (tertiary alicyclic amines) is 1. The zero-order valence-electron chi connectivity index (χ0n) is 13.5. The Hall–Kier alpha value is -0.870. The van der Waals surface area contributed by atoms with E-state index >= 15 is 0 Å². The van der Waals surface area contributed by atoms with E-state index in [0.29, 0.717) is 5.41 Å². The van der Waals surface area contributed by atoms with Gasteiger partial charge in [-0.25, -0.2) is 0 Å². The quantitative estimate of drug-likeness (QED) is 0.894. The van der Waals surface area contributed by atoms with Crippen LogP contribution in [0.5, 0.6) is 0 Å². The fraction of sp³-hybridized carbons (Fsp3) is 0.500. The smallest absolute Gasteiger partial charge is 0.0708 e. The highest BCUT2D eigenvalue weighted by atomic mass is 35.5. The number of benzene rings is 1. The average Bonchev–Trinajstić information content (AvgIpc) is 3.09. The summed E-state index contributed by atoms with van der Waals surface area (Å²) in [6.07, 6.45) is 2.70. The van der Waals surface area contributed by atoms with Gasteiger partial charge in [-0.05, 0) is 56.0 Å². The second-order valence-corrected chi connectivity index (χ2v) is 6.83. The Morgan fingerprint density at radius 1 is 1.22 bits per heavy atom. The molecule has 4 rings (SSSR count). The van der Waals surface area contributed by atoms with E-state index in [4.69, 9.17) is 0 Å². The number of nitrogens with one attached hydrogen (secondary N) is 1. The molecule has 2 aliphatic heterocycles. The summed E-state index contributed by atoms with van der Waals surface area (Å²) in [4.78, 5) is 7.29. The van der Waals surface area contributed by atoms with Crippen molar-refractivity contribution in [3.05, 3.63) is 41.6 Å². The van der Waals surface area contributed by atoms with Gasteiger partial charge >= 0.3 is 0 Å². The second-order valence-electron chi connectivity index (χ2n) is 6.83. The molecule has 1 unspecified atom stereocenters. The largest absolute Gasteiger partial charge is 0.316 e. The van der Waals surface area contributed by atoms with Gasteiger partial charge in [-0.15, -0.1) is 24.8 Å². The lowest BCUT2D eigenvalue weighted by Gasteiger charge is -2.23. The van der Waals surface area contributed by atoms with Crippen molar-refractivity contribution in [1.29, 1.82) is 0 Å². The van der Waals surface area contributed by atoms with Gasteiger partial charge in [-0.1, -0.05) is 18.2 Å². The van der Waals surface area contributed by atoms with Crippen LogP contribution in [0.15, 0.2) is 30.3 Å². The first kappa shape index (κ1) is 18.5. The molecule has 23 heavy (non-hydrogen) atoms. The summed E-state index contributed by atoms with van der Waals surface area (Å²) < 4.78 is 0. The van der Waals surface area contributed by atoms with E-state index in [-0.39, 0.29) is 24.8 Å². The first-order valence-corrected chi connectivity index (χ1v) is 8.03. The van der Waals surface area contributed by atoms with Crippen molar-refractivity contribution in [2.75, 3.05) is 26.2 Å². The molecule has 0 amide bonds. The van der Waals surface area contributed by atoms with E-state index in [1.54, 1.807) is 0 Å². The fourth-order valence-corrected chi connectivity index (χ4v) is 4.07. The van der Waals surface area contributed by atoms with E-state index in [9.17, 15) is 0 Å². The Kier molecular flexibility index (Phi) is 5.90. The normalized spacial score (nSPS) is 23.9. The Bertz CT molecular complexity index is 668. The average molecular weight is 354 g/mol. The van der Waals surface area contributed by atoms with Crippen LogP contribution in [0.4, 0.5) is 0 Å². The monoisotopic (exact) mass is 353 g/mol. The highest BCUT2D eigenvalue weighted by Crippen LogP contribution is 2.37. The first-order valence-electron chi connectivity index (χ1n) is 8.03. The Morgan fingerprint density at radius 3 is 2.83 bits per heavy atom. The molecule has 1 aromatic carbocycles. The van der Waals surface area contributed by atoms with Crippen molar-refractivity contribution in [2.45, 2.75) is 26.3 Å². The second kappa shape index (κ2) is 7.35. The van der Waals surface area contributed by atoms with Gasteiger partial charge in [-0.2, -0.15) is 0 Å². The van der Waals surface area contributed by atoms with E-state index in [1.165, 1.54) is 50.0 Å². The van der Waals surface area contributed by atoms with Crippen molar-refractivity contribution < 1.29 is 0 Å². The van der Waals surface area contributed by atoms with Gasteiger partial charge < -0.3 is 5.32 Å². The summed E-state index contributed by atoms with van der Waals surface area (Å²) in [5, 5.41) is 4.86. The minimum Gasteiger partial charge on any atom is -0.316 e. The summed E-state index contributed by atoms with van der Waals surface area (Å²) >= 11 is 0. The summed E-state index contributed by atoms with van der Waals surface area (Å²) in [6, 6.07) is 10.8. The lowest BCUT2D eigenvalue weighted by Crippen LogP contribution is -2.29. The number of rotatable bonds is 2. The van der Waals surface area contributed by atoms with Gasteiger partial charge in [0.05, 0.1) is 5.52 Å². The standard InChI is InChI=1S/C18H23N3.2ClH/c1-14-10-15(16-4-2-3-5-17(16)20-14)11-21-9-7-18(13-21)6-8-19-12-18;;/h2-5,10,19H,6-9,11-13H2,1H3;2*1H. The van der Waals surface area contributed by atoms with Gasteiger partial charge in [0.1, 0.15) is 0 Å². The number of aromatic nitrogens is 1. The molecule has 1 atom stereocenters. The Balaban J connectivity index is 0.000000960. The van der Waals surface area contributed by atoms with Crippen LogP contribution in [0, 0.1) is 12.3 Å². The summed E-state index contributed by atoms with van der Waals surface area (Å²) in [5.74, 6) is 0. The maximum absolute atomic E-state index is 4.65. The van der Waals surface area contributed by atoms with Crippen LogP contribution in [0.25, 0.3) is 10.9 Å². The van der Waals surface area contributed by atoms with E-state index in [2.05, 4.69) is 52.5 Å². The molecule has 0 aliphatic carbocycles. The van der Waals surface area contributed by atoms with Gasteiger partial charge in [0.15, 0.2) is 0 Å². The van der Waals surface area contributed by atoms with Gasteiger partial charge in [0.2, 0.25) is 0 Å². The molecule has 1 N–H and O–H groups in total. The zero-order valence-corrected chi connectivity index (χ0v) is 15.2. The van der Waals surface area contributed by atoms with E-state index in [0.717, 1.165) is 17.8 Å². The van der Waals surface area contributed by atoms with Crippen LogP contribution in [-0.4, -0.2) is 36.1 Å². The minimum atomic E-state index is 0. The van der Waals surface area contributed by atoms with Crippen molar-refractivity contribution in [2.24, 2.45) is 5.41 Å². The number of halogens is 2. The molecule has 2 aromatic rings. The van der Waals surface area contributed by atoms with Crippen LogP contribution in [0.3, 0.4) is 0 Å². The number of fused-ring (bicyclic) bond motifs is 1. The molecule has 0 bridgehead atoms. The molecule has 1 spiro atoms. The highest BCUT2D eigenvalue weighted by Gasteiger charge is 2.40. The predicted octanol–water partition coefficient (Wildman–Crippen LogP) is 3.57. The maximum atomic E-state index is 4.65. The van der Waals surface area contributed by atoms with Crippen LogP contribution in [0.2, 0.25) is 0 Å². The molecule has 2 fully saturated rings. The molecular formula is C18H25Cl2N3. The fourth-order valence-electron chi connectivity index (χ4n) is 4.07.